The molecule has 0 aromatic heterocycles. The summed E-state index contributed by atoms with van der Waals surface area (Å²) in [5.74, 6) is 5.66. The average Bonchev–Trinajstić information content (AvgIpc) is 3.00. The fourth-order valence-electron chi connectivity index (χ4n) is 8.99. The number of unbranched alkanes of at least 4 members (excludes halogenated alkanes) is 1. The number of likely N-dealkylation sites (tertiary alicyclic amines) is 1. The zero-order valence-corrected chi connectivity index (χ0v) is 20.2. The lowest BCUT2D eigenvalue weighted by molar-refractivity contribution is -0.166. The van der Waals surface area contributed by atoms with Crippen molar-refractivity contribution in [1.29, 1.82) is 0 Å². The summed E-state index contributed by atoms with van der Waals surface area (Å²) in [5.41, 5.74) is 0.948. The number of carbonyl (C=O) groups excluding carboxylic acids is 1. The Morgan fingerprint density at radius 2 is 1.76 bits per heavy atom. The molecule has 0 aromatic rings. The number of hydrogen-bond donors (Lipinski definition) is 0. The van der Waals surface area contributed by atoms with E-state index < -0.39 is 0 Å². The van der Waals surface area contributed by atoms with Crippen LogP contribution in [-0.4, -0.2) is 23.9 Å². The third-order valence-electron chi connectivity index (χ3n) is 10.7. The summed E-state index contributed by atoms with van der Waals surface area (Å²) in [7, 11) is 2.09. The van der Waals surface area contributed by atoms with Crippen LogP contribution in [-0.2, 0) is 4.79 Å². The Morgan fingerprint density at radius 1 is 1.03 bits per heavy atom. The van der Waals surface area contributed by atoms with Crippen molar-refractivity contribution in [3.8, 4) is 0 Å². The lowest BCUT2D eigenvalue weighted by atomic mass is 9.44. The minimum absolute atomic E-state index is 0.358. The van der Waals surface area contributed by atoms with Crippen molar-refractivity contribution < 1.29 is 4.79 Å². The van der Waals surface area contributed by atoms with Gasteiger partial charge in [-0.05, 0) is 91.3 Å². The van der Waals surface area contributed by atoms with Gasteiger partial charge in [-0.1, -0.05) is 53.9 Å². The van der Waals surface area contributed by atoms with Crippen LogP contribution in [0.5, 0.6) is 0 Å². The molecular formula is C27H47NO. The standard InChI is InChI=1S/C27H47NO/c1-18(2)9-7-8-10-20-11-12-21-25-19(3)17-23-27(5,16-14-24(29)28(23)6)22(25)13-15-26(20,21)4/h18-23,25H,7-17H2,1-6H3/t19-,20-,21-,22-,23+,25-,26+,27+/m0/s1. The second-order valence-electron chi connectivity index (χ2n) is 12.5. The SMILES string of the molecule is CC(C)CCCC[C@H]1CC[C@H]2[C@@H]3[C@@H](C)C[C@H]4N(C)C(=O)CC[C@]4(C)[C@H]3CC[C@]12C. The molecule has 8 atom stereocenters. The van der Waals surface area contributed by atoms with E-state index in [4.69, 9.17) is 0 Å². The first-order valence-corrected chi connectivity index (χ1v) is 12.9. The van der Waals surface area contributed by atoms with Crippen molar-refractivity contribution in [2.24, 2.45) is 46.3 Å². The van der Waals surface area contributed by atoms with Crippen LogP contribution in [0.2, 0.25) is 0 Å². The van der Waals surface area contributed by atoms with Gasteiger partial charge < -0.3 is 4.90 Å². The van der Waals surface area contributed by atoms with Crippen molar-refractivity contribution in [3.05, 3.63) is 0 Å². The van der Waals surface area contributed by atoms with Crippen LogP contribution < -0.4 is 0 Å². The van der Waals surface area contributed by atoms with Crippen molar-refractivity contribution >= 4 is 5.91 Å². The summed E-state index contributed by atoms with van der Waals surface area (Å²) < 4.78 is 0. The molecule has 4 rings (SSSR count). The van der Waals surface area contributed by atoms with E-state index in [1.165, 1.54) is 57.8 Å². The normalized spacial score (nSPS) is 47.1. The number of rotatable bonds is 5. The molecule has 1 heterocycles. The van der Waals surface area contributed by atoms with Crippen LogP contribution in [0.4, 0.5) is 0 Å². The lowest BCUT2D eigenvalue weighted by Crippen LogP contribution is -2.63. The molecule has 166 valence electrons. The van der Waals surface area contributed by atoms with Crippen molar-refractivity contribution in [3.63, 3.8) is 0 Å². The summed E-state index contributed by atoms with van der Waals surface area (Å²) in [6.07, 6.45) is 14.7. The maximum absolute atomic E-state index is 12.4. The fourth-order valence-corrected chi connectivity index (χ4v) is 8.99. The van der Waals surface area contributed by atoms with Crippen LogP contribution in [0.15, 0.2) is 0 Å². The van der Waals surface area contributed by atoms with E-state index >= 15 is 0 Å². The molecule has 2 nitrogen and oxygen atoms in total. The van der Waals surface area contributed by atoms with Gasteiger partial charge in [0.05, 0.1) is 0 Å². The predicted molar refractivity (Wildman–Crippen MR) is 122 cm³/mol. The molecule has 4 fully saturated rings. The van der Waals surface area contributed by atoms with Gasteiger partial charge in [0.25, 0.3) is 0 Å². The molecule has 29 heavy (non-hydrogen) atoms. The molecular weight excluding hydrogens is 354 g/mol. The minimum Gasteiger partial charge on any atom is -0.342 e. The van der Waals surface area contributed by atoms with Crippen LogP contribution in [0.1, 0.15) is 105 Å². The summed E-state index contributed by atoms with van der Waals surface area (Å²) in [6, 6.07) is 0.484. The van der Waals surface area contributed by atoms with Gasteiger partial charge >= 0.3 is 0 Å². The second-order valence-corrected chi connectivity index (χ2v) is 12.5. The van der Waals surface area contributed by atoms with E-state index in [2.05, 4.69) is 46.6 Å². The molecule has 0 aromatic carbocycles. The highest BCUT2D eigenvalue weighted by molar-refractivity contribution is 5.77. The highest BCUT2D eigenvalue weighted by Gasteiger charge is 2.62. The largest absolute Gasteiger partial charge is 0.342 e. The Morgan fingerprint density at radius 3 is 2.48 bits per heavy atom. The van der Waals surface area contributed by atoms with Gasteiger partial charge in [-0.2, -0.15) is 0 Å². The maximum Gasteiger partial charge on any atom is 0.222 e. The Hall–Kier alpha value is -0.530. The molecule has 0 spiro atoms. The van der Waals surface area contributed by atoms with Gasteiger partial charge in [-0.3, -0.25) is 4.79 Å². The third-order valence-corrected chi connectivity index (χ3v) is 10.7. The minimum atomic E-state index is 0.358. The van der Waals surface area contributed by atoms with Gasteiger partial charge in [0.15, 0.2) is 0 Å². The van der Waals surface area contributed by atoms with Crippen molar-refractivity contribution in [1.82, 2.24) is 4.90 Å². The quantitative estimate of drug-likeness (QED) is 0.457. The molecule has 3 saturated carbocycles. The summed E-state index contributed by atoms with van der Waals surface area (Å²) >= 11 is 0. The number of amides is 1. The lowest BCUT2D eigenvalue weighted by Gasteiger charge is -2.63. The van der Waals surface area contributed by atoms with Gasteiger partial charge in [-0.25, -0.2) is 0 Å². The maximum atomic E-state index is 12.4. The smallest absolute Gasteiger partial charge is 0.222 e. The number of carbonyl (C=O) groups is 1. The van der Waals surface area contributed by atoms with Crippen LogP contribution in [0, 0.1) is 46.3 Å². The first-order chi connectivity index (χ1) is 13.7. The van der Waals surface area contributed by atoms with E-state index in [-0.39, 0.29) is 0 Å². The number of nitrogens with zero attached hydrogens (tertiary/aromatic N) is 1. The zero-order chi connectivity index (χ0) is 21.0. The number of hydrogen-bond acceptors (Lipinski definition) is 1. The predicted octanol–water partition coefficient (Wildman–Crippen LogP) is 6.93. The molecule has 0 unspecified atom stereocenters. The van der Waals surface area contributed by atoms with Crippen molar-refractivity contribution in [2.45, 2.75) is 111 Å². The summed E-state index contributed by atoms with van der Waals surface area (Å²) in [6.45, 7) is 12.5. The monoisotopic (exact) mass is 401 g/mol. The van der Waals surface area contributed by atoms with Crippen LogP contribution >= 0.6 is 0 Å². The van der Waals surface area contributed by atoms with E-state index in [9.17, 15) is 4.79 Å². The first kappa shape index (κ1) is 21.7. The van der Waals surface area contributed by atoms with Gasteiger partial charge in [0, 0.05) is 19.5 Å². The Balaban J connectivity index is 1.50. The summed E-state index contributed by atoms with van der Waals surface area (Å²) in [5, 5.41) is 0. The Bertz CT molecular complexity index is 614. The van der Waals surface area contributed by atoms with Gasteiger partial charge in [0.2, 0.25) is 5.91 Å². The van der Waals surface area contributed by atoms with Gasteiger partial charge in [-0.15, -0.1) is 0 Å². The Kier molecular flexibility index (Phi) is 5.88. The number of fused-ring (bicyclic) bond motifs is 5. The molecule has 3 aliphatic carbocycles. The summed E-state index contributed by atoms with van der Waals surface area (Å²) in [4.78, 5) is 14.6. The van der Waals surface area contributed by atoms with E-state index in [0.29, 0.717) is 22.8 Å². The fraction of sp³-hybridized carbons (Fsp3) is 0.963. The van der Waals surface area contributed by atoms with E-state index in [0.717, 1.165) is 48.3 Å². The van der Waals surface area contributed by atoms with E-state index in [1.807, 2.05) is 0 Å². The molecule has 4 aliphatic rings. The molecule has 0 N–H and O–H groups in total. The molecule has 1 saturated heterocycles. The molecule has 1 amide bonds. The average molecular weight is 402 g/mol. The molecule has 0 radical (unpaired) electrons. The molecule has 1 aliphatic heterocycles. The zero-order valence-electron chi connectivity index (χ0n) is 20.2. The Labute approximate surface area is 180 Å². The number of piperidine rings is 1. The highest BCUT2D eigenvalue weighted by atomic mass is 16.2. The highest BCUT2D eigenvalue weighted by Crippen LogP contribution is 2.67. The third kappa shape index (κ3) is 3.49. The van der Waals surface area contributed by atoms with Crippen LogP contribution in [0.25, 0.3) is 0 Å². The van der Waals surface area contributed by atoms with Gasteiger partial charge in [0.1, 0.15) is 0 Å². The first-order valence-electron chi connectivity index (χ1n) is 12.9. The van der Waals surface area contributed by atoms with Crippen LogP contribution in [0.3, 0.4) is 0 Å². The van der Waals surface area contributed by atoms with Crippen molar-refractivity contribution in [2.75, 3.05) is 7.05 Å². The topological polar surface area (TPSA) is 20.3 Å². The molecule has 0 bridgehead atoms. The second kappa shape index (κ2) is 7.86. The molecule has 2 heteroatoms. The van der Waals surface area contributed by atoms with E-state index in [1.54, 1.807) is 0 Å².